The Morgan fingerprint density at radius 2 is 1.85 bits per heavy atom. The Bertz CT molecular complexity index is 1330. The fraction of sp³-hybridized carbons (Fsp3) is 0.552. The highest BCUT2D eigenvalue weighted by atomic mass is 19.1. The molecule has 1 aliphatic rings. The Balaban J connectivity index is 1.59. The lowest BCUT2D eigenvalue weighted by Gasteiger charge is -2.33. The molecule has 11 nitrogen and oxygen atoms in total. The average molecular weight is 572 g/mol. The van der Waals surface area contributed by atoms with Crippen LogP contribution in [0.5, 0.6) is 5.75 Å². The fourth-order valence-corrected chi connectivity index (χ4v) is 5.50. The highest BCUT2D eigenvalue weighted by molar-refractivity contribution is 5.86. The molecule has 1 aromatic carbocycles. The zero-order valence-electron chi connectivity index (χ0n) is 24.0. The number of hydrogen-bond acceptors (Lipinski definition) is 10. The van der Waals surface area contributed by atoms with Gasteiger partial charge in [0, 0.05) is 32.2 Å². The lowest BCUT2D eigenvalue weighted by molar-refractivity contribution is 0.117. The summed E-state index contributed by atoms with van der Waals surface area (Å²) in [6.45, 7) is 4.39. The number of hydrogen-bond donors (Lipinski definition) is 4. The first-order valence-corrected chi connectivity index (χ1v) is 14.3. The smallest absolute Gasteiger partial charge is 0.222 e. The summed E-state index contributed by atoms with van der Waals surface area (Å²) in [5.74, 6) is 0.703. The zero-order chi connectivity index (χ0) is 29.4. The van der Waals surface area contributed by atoms with Crippen molar-refractivity contribution in [2.75, 3.05) is 63.7 Å². The summed E-state index contributed by atoms with van der Waals surface area (Å²) in [5.41, 5.74) is 9.28. The van der Waals surface area contributed by atoms with Crippen molar-refractivity contribution in [2.24, 2.45) is 0 Å². The van der Waals surface area contributed by atoms with Crippen molar-refractivity contribution in [3.05, 3.63) is 41.3 Å². The minimum atomic E-state index is -0.389. The summed E-state index contributed by atoms with van der Waals surface area (Å²) < 4.78 is 22.9. The van der Waals surface area contributed by atoms with Crippen LogP contribution in [0.4, 0.5) is 16.2 Å². The zero-order valence-corrected chi connectivity index (χ0v) is 24.0. The van der Waals surface area contributed by atoms with Crippen LogP contribution in [0.2, 0.25) is 0 Å². The van der Waals surface area contributed by atoms with Crippen molar-refractivity contribution in [1.82, 2.24) is 24.6 Å². The van der Waals surface area contributed by atoms with Crippen molar-refractivity contribution in [2.45, 2.75) is 51.6 Å². The van der Waals surface area contributed by atoms with Crippen molar-refractivity contribution >= 4 is 28.4 Å². The number of benzene rings is 1. The number of methoxy groups -OCH3 is 1. The fourth-order valence-electron chi connectivity index (χ4n) is 5.50. The summed E-state index contributed by atoms with van der Waals surface area (Å²) in [6.07, 6.45) is 8.12. The first kappa shape index (κ1) is 30.6. The van der Waals surface area contributed by atoms with Crippen LogP contribution in [-0.2, 0) is 6.54 Å². The van der Waals surface area contributed by atoms with E-state index in [1.165, 1.54) is 7.11 Å². The molecule has 0 amide bonds. The van der Waals surface area contributed by atoms with E-state index in [0.717, 1.165) is 43.2 Å². The van der Waals surface area contributed by atoms with Crippen LogP contribution in [-0.4, -0.2) is 99.1 Å². The molecule has 41 heavy (non-hydrogen) atoms. The Morgan fingerprint density at radius 3 is 2.49 bits per heavy atom. The average Bonchev–Trinajstić information content (AvgIpc) is 3.38. The van der Waals surface area contributed by atoms with E-state index in [0.29, 0.717) is 54.3 Å². The van der Waals surface area contributed by atoms with Gasteiger partial charge >= 0.3 is 0 Å². The second kappa shape index (κ2) is 14.5. The van der Waals surface area contributed by atoms with Gasteiger partial charge in [0.05, 0.1) is 45.2 Å². The number of fused-ring (bicyclic) bond motifs is 1. The molecule has 0 saturated heterocycles. The van der Waals surface area contributed by atoms with Gasteiger partial charge in [-0.15, -0.1) is 0 Å². The van der Waals surface area contributed by atoms with E-state index in [4.69, 9.17) is 10.5 Å². The van der Waals surface area contributed by atoms with Crippen LogP contribution < -0.4 is 15.4 Å². The number of aliphatic hydroxyl groups excluding tert-OH is 3. The molecule has 0 radical (unpaired) electrons. The molecule has 12 heteroatoms. The molecular weight excluding hydrogens is 529 g/mol. The Morgan fingerprint density at radius 1 is 1.10 bits per heavy atom. The van der Waals surface area contributed by atoms with Crippen LogP contribution in [0.25, 0.3) is 16.6 Å². The van der Waals surface area contributed by atoms with Gasteiger partial charge in [0.15, 0.2) is 11.3 Å². The number of unbranched alkanes of at least 4 members (excludes halogenated alkanes) is 1. The summed E-state index contributed by atoms with van der Waals surface area (Å²) >= 11 is 0. The summed E-state index contributed by atoms with van der Waals surface area (Å²) in [5, 5.41) is 33.0. The molecule has 0 fully saturated rings. The summed E-state index contributed by atoms with van der Waals surface area (Å²) in [7, 11) is 1.53. The number of nitrogen functional groups attached to an aromatic ring is 1. The molecule has 1 unspecified atom stereocenters. The number of nitrogens with two attached hydrogens (primary N) is 1. The number of aliphatic hydroxyl groups is 3. The lowest BCUT2D eigenvalue weighted by Crippen LogP contribution is -2.40. The van der Waals surface area contributed by atoms with Crippen LogP contribution in [0, 0.1) is 5.82 Å². The maximum atomic E-state index is 15.6. The largest absolute Gasteiger partial charge is 0.496 e. The van der Waals surface area contributed by atoms with Gasteiger partial charge in [0.2, 0.25) is 5.95 Å². The van der Waals surface area contributed by atoms with E-state index in [2.05, 4.69) is 33.0 Å². The quantitative estimate of drug-likeness (QED) is 0.215. The Hall–Kier alpha value is -3.32. The number of nitrogens with zero attached hydrogens (tertiary/aromatic N) is 6. The van der Waals surface area contributed by atoms with Crippen LogP contribution in [0.3, 0.4) is 0 Å². The third-order valence-electron chi connectivity index (χ3n) is 7.60. The van der Waals surface area contributed by atoms with E-state index in [9.17, 15) is 15.3 Å². The number of rotatable bonds is 15. The molecule has 2 heterocycles. The predicted octanol–water partition coefficient (Wildman–Crippen LogP) is 2.43. The van der Waals surface area contributed by atoms with Crippen LogP contribution >= 0.6 is 0 Å². The second-order valence-corrected chi connectivity index (χ2v) is 10.3. The van der Waals surface area contributed by atoms with Gasteiger partial charge in [-0.05, 0) is 49.0 Å². The number of halogens is 1. The number of allylic oxidation sites excluding steroid dienone is 1. The maximum Gasteiger partial charge on any atom is 0.222 e. The van der Waals surface area contributed by atoms with Gasteiger partial charge in [0.1, 0.15) is 17.1 Å². The lowest BCUT2D eigenvalue weighted by atomic mass is 9.89. The molecule has 1 aliphatic carbocycles. The summed E-state index contributed by atoms with van der Waals surface area (Å²) in [4.78, 5) is 12.8. The second-order valence-electron chi connectivity index (χ2n) is 10.3. The molecule has 0 bridgehead atoms. The monoisotopic (exact) mass is 571 g/mol. The van der Waals surface area contributed by atoms with Crippen molar-refractivity contribution in [3.63, 3.8) is 0 Å². The van der Waals surface area contributed by atoms with E-state index >= 15 is 4.39 Å². The third-order valence-corrected chi connectivity index (χ3v) is 7.60. The highest BCUT2D eigenvalue weighted by Crippen LogP contribution is 2.34. The SMILES string of the molecule is CCCCN(CCO)c1nc(N)nc2cn(Cc3c(F)cc(C4=CCC(N(CCO)CCO)CC4)cc3OC)nc12. The van der Waals surface area contributed by atoms with Gasteiger partial charge in [-0.1, -0.05) is 19.4 Å². The van der Waals surface area contributed by atoms with Crippen molar-refractivity contribution in [3.8, 4) is 5.75 Å². The molecule has 1 atom stereocenters. The van der Waals surface area contributed by atoms with Crippen LogP contribution in [0.1, 0.15) is 50.2 Å². The normalized spacial score (nSPS) is 15.5. The molecule has 5 N–H and O–H groups in total. The molecule has 4 rings (SSSR count). The molecule has 0 aliphatic heterocycles. The van der Waals surface area contributed by atoms with E-state index < -0.39 is 0 Å². The number of anilines is 2. The minimum Gasteiger partial charge on any atom is -0.496 e. The molecule has 3 aromatic rings. The van der Waals surface area contributed by atoms with Crippen LogP contribution in [0.15, 0.2) is 24.4 Å². The Labute approximate surface area is 240 Å². The molecule has 0 spiro atoms. The standard InChI is InChI=1S/C29H42FN7O4/c1-3-4-9-36(12-15-40)28-27-25(32-29(31)33-28)19-37(34-27)18-23-24(30)16-21(17-26(23)41-2)20-5-7-22(8-6-20)35(10-13-38)11-14-39/h5,16-17,19,22,38-40H,3-4,6-15,18H2,1-2H3,(H2,31,32). The molecule has 0 saturated carbocycles. The first-order chi connectivity index (χ1) is 19.9. The van der Waals surface area contributed by atoms with Crippen molar-refractivity contribution in [1.29, 1.82) is 0 Å². The van der Waals surface area contributed by atoms with Crippen molar-refractivity contribution < 1.29 is 24.4 Å². The topological polar surface area (TPSA) is 146 Å². The molecule has 2 aromatic heterocycles. The van der Waals surface area contributed by atoms with Gasteiger partial charge in [-0.2, -0.15) is 10.1 Å². The van der Waals surface area contributed by atoms with Gasteiger partial charge in [0.25, 0.3) is 0 Å². The van der Waals surface area contributed by atoms with Gasteiger partial charge in [-0.3, -0.25) is 9.58 Å². The number of aromatic nitrogens is 4. The van der Waals surface area contributed by atoms with E-state index in [-0.39, 0.29) is 44.2 Å². The minimum absolute atomic E-state index is 0.0365. The molecule has 224 valence electrons. The van der Waals surface area contributed by atoms with Gasteiger partial charge < -0.3 is 30.7 Å². The third kappa shape index (κ3) is 7.31. The first-order valence-electron chi connectivity index (χ1n) is 14.3. The van der Waals surface area contributed by atoms with Gasteiger partial charge in [-0.25, -0.2) is 9.37 Å². The molecular formula is C29H42FN7O4. The highest BCUT2D eigenvalue weighted by Gasteiger charge is 2.23. The Kier molecular flexibility index (Phi) is 10.9. The number of ether oxygens (including phenoxy) is 1. The van der Waals surface area contributed by atoms with E-state index in [1.807, 2.05) is 11.0 Å². The summed E-state index contributed by atoms with van der Waals surface area (Å²) in [6, 6.07) is 3.64. The predicted molar refractivity (Wildman–Crippen MR) is 157 cm³/mol. The maximum absolute atomic E-state index is 15.6. The van der Waals surface area contributed by atoms with E-state index in [1.54, 1.807) is 16.9 Å².